The Labute approximate surface area is 340 Å². The number of hydrogen-bond acceptors (Lipinski definition) is 12. The number of aromatic hydroxyl groups is 1. The maximum atomic E-state index is 12.5. The van der Waals surface area contributed by atoms with Crippen LogP contribution in [0.3, 0.4) is 0 Å². The van der Waals surface area contributed by atoms with Crippen molar-refractivity contribution >= 4 is 45.3 Å². The van der Waals surface area contributed by atoms with Gasteiger partial charge in [-0.05, 0) is 119 Å². The Bertz CT molecular complexity index is 2330. The molecule has 2 aliphatic rings. The predicted octanol–water partition coefficient (Wildman–Crippen LogP) is 6.85. The van der Waals surface area contributed by atoms with Gasteiger partial charge in [0.2, 0.25) is 0 Å². The topological polar surface area (TPSA) is 206 Å². The zero-order chi connectivity index (χ0) is 42.3. The molecule has 6 rings (SSSR count). The molecule has 308 valence electrons. The monoisotopic (exact) mass is 848 g/mol. The Kier molecular flexibility index (Phi) is 14.4. The van der Waals surface area contributed by atoms with E-state index >= 15 is 0 Å². The zero-order valence-corrected chi connectivity index (χ0v) is 34.8. The lowest BCUT2D eigenvalue weighted by molar-refractivity contribution is 0.00689. The van der Waals surface area contributed by atoms with Gasteiger partial charge in [0.15, 0.2) is 11.5 Å². The molecule has 0 spiro atoms. The first-order valence-corrected chi connectivity index (χ1v) is 20.5. The van der Waals surface area contributed by atoms with E-state index in [1.807, 2.05) is 0 Å². The van der Waals surface area contributed by atoms with Crippen LogP contribution in [0.2, 0.25) is 10.3 Å². The second kappa shape index (κ2) is 18.2. The third-order valence-electron chi connectivity index (χ3n) is 9.02. The van der Waals surface area contributed by atoms with Crippen LogP contribution in [0.5, 0.6) is 11.5 Å². The summed E-state index contributed by atoms with van der Waals surface area (Å²) in [5.41, 5.74) is -0.908. The molecule has 0 bridgehead atoms. The maximum Gasteiger partial charge on any atom is 0.341 e. The molecule has 4 aromatic heterocycles. The molecule has 57 heavy (non-hydrogen) atoms. The fourth-order valence-electron chi connectivity index (χ4n) is 4.96. The molecule has 2 saturated carbocycles. The van der Waals surface area contributed by atoms with E-state index in [0.717, 1.165) is 23.7 Å². The van der Waals surface area contributed by atoms with E-state index in [1.165, 1.54) is 79.0 Å². The van der Waals surface area contributed by atoms with E-state index in [9.17, 15) is 32.7 Å². The summed E-state index contributed by atoms with van der Waals surface area (Å²) in [6.07, 6.45) is 10.7. The van der Waals surface area contributed by atoms with E-state index < -0.39 is 39.0 Å². The molecule has 2 fully saturated rings. The van der Waals surface area contributed by atoms with Crippen LogP contribution in [0.4, 0.5) is 0 Å². The van der Waals surface area contributed by atoms with Crippen molar-refractivity contribution in [1.82, 2.24) is 19.1 Å². The second-order valence-electron chi connectivity index (χ2n) is 15.4. The molecule has 2 N–H and O–H groups in total. The number of ether oxygens (including phenoxy) is 2. The molecule has 0 aliphatic heterocycles. The summed E-state index contributed by atoms with van der Waals surface area (Å²) in [4.78, 5) is 55.3. The van der Waals surface area contributed by atoms with E-state index in [1.54, 1.807) is 32.9 Å². The lowest BCUT2D eigenvalue weighted by Gasteiger charge is -2.19. The number of carbonyl (C=O) groups is 2. The highest BCUT2D eigenvalue weighted by Crippen LogP contribution is 2.48. The minimum absolute atomic E-state index is 0.0815. The van der Waals surface area contributed by atoms with Crippen LogP contribution in [-0.2, 0) is 19.0 Å². The first kappa shape index (κ1) is 44.9. The Hall–Kier alpha value is -4.77. The third kappa shape index (κ3) is 13.7. The SMILES string of the molecule is CC(C)(C)OC(=O)c1ccc(-n2cccc(O)c2=O)nc1Cl.CC1(CCOS(C)(=O)=O)CC1.CC1(CCOc2cccn(-c3ccc(C(=O)O)c(Cl)n3)c2=O)CC1. The molecule has 18 heteroatoms. The van der Waals surface area contributed by atoms with E-state index in [0.29, 0.717) is 24.0 Å². The molecule has 0 atom stereocenters. The van der Waals surface area contributed by atoms with Crippen molar-refractivity contribution in [3.05, 3.63) is 103 Å². The van der Waals surface area contributed by atoms with Gasteiger partial charge in [-0.1, -0.05) is 37.0 Å². The fraction of sp³-hybridized carbons (Fsp3) is 0.436. The highest BCUT2D eigenvalue weighted by atomic mass is 35.5. The van der Waals surface area contributed by atoms with Crippen LogP contribution in [0.25, 0.3) is 11.6 Å². The van der Waals surface area contributed by atoms with Crippen molar-refractivity contribution in [2.75, 3.05) is 19.5 Å². The molecule has 4 heterocycles. The lowest BCUT2D eigenvalue weighted by Crippen LogP contribution is -2.24. The molecular weight excluding hydrogens is 803 g/mol. The Morgan fingerprint density at radius 2 is 1.30 bits per heavy atom. The average Bonchev–Trinajstić information content (AvgIpc) is 4.03. The Morgan fingerprint density at radius 1 is 0.807 bits per heavy atom. The zero-order valence-electron chi connectivity index (χ0n) is 32.5. The van der Waals surface area contributed by atoms with Crippen LogP contribution in [0, 0.1) is 10.8 Å². The van der Waals surface area contributed by atoms with Gasteiger partial charge in [-0.25, -0.2) is 19.6 Å². The van der Waals surface area contributed by atoms with Crippen LogP contribution in [0.15, 0.2) is 70.5 Å². The number of rotatable bonds is 12. The smallest absolute Gasteiger partial charge is 0.341 e. The van der Waals surface area contributed by atoms with Gasteiger partial charge in [0, 0.05) is 12.4 Å². The number of carboxylic acids is 1. The second-order valence-corrected chi connectivity index (χ2v) is 17.8. The van der Waals surface area contributed by atoms with Crippen molar-refractivity contribution < 1.29 is 41.9 Å². The lowest BCUT2D eigenvalue weighted by atomic mass is 10.1. The number of aromatic nitrogens is 4. The van der Waals surface area contributed by atoms with Gasteiger partial charge in [0.25, 0.3) is 21.2 Å². The van der Waals surface area contributed by atoms with Crippen molar-refractivity contribution in [3.8, 4) is 23.1 Å². The van der Waals surface area contributed by atoms with Crippen molar-refractivity contribution in [3.63, 3.8) is 0 Å². The number of halogens is 2. The van der Waals surface area contributed by atoms with Crippen LogP contribution in [-0.4, -0.2) is 74.7 Å². The number of carboxylic acid groups (broad SMARTS) is 1. The predicted molar refractivity (Wildman–Crippen MR) is 214 cm³/mol. The standard InChI is InChI=1S/C17H17ClN2O4.C15H15ClN2O4.C7H14O3S/c1-17(6-7-17)8-10-24-12-3-2-9-20(15(12)21)13-5-4-11(16(22)23)14(18)19-13;1-15(2,3)22-14(21)9-6-7-11(17-12(9)16)18-8-4-5-10(19)13(18)20;1-7(3-4-7)5-6-10-11(2,8)9/h2-5,9H,6-8,10H2,1H3,(H,22,23);4-8,19H,1-3H3;3-6H2,1-2H3. The minimum Gasteiger partial charge on any atom is -0.503 e. The van der Waals surface area contributed by atoms with Gasteiger partial charge in [-0.3, -0.25) is 22.9 Å². The number of esters is 1. The van der Waals surface area contributed by atoms with Gasteiger partial charge >= 0.3 is 11.9 Å². The normalized spacial score (nSPS) is 14.9. The van der Waals surface area contributed by atoms with Gasteiger partial charge in [0.1, 0.15) is 27.5 Å². The fourth-order valence-corrected chi connectivity index (χ4v) is 5.81. The third-order valence-corrected chi connectivity index (χ3v) is 10.2. The summed E-state index contributed by atoms with van der Waals surface area (Å²) in [5, 5.41) is 18.2. The Morgan fingerprint density at radius 3 is 1.77 bits per heavy atom. The molecule has 0 aromatic carbocycles. The molecule has 0 unspecified atom stereocenters. The number of hydrogen-bond donors (Lipinski definition) is 2. The van der Waals surface area contributed by atoms with Gasteiger partial charge in [-0.2, -0.15) is 8.42 Å². The first-order chi connectivity index (χ1) is 26.5. The van der Waals surface area contributed by atoms with Crippen molar-refractivity contribution in [1.29, 1.82) is 0 Å². The van der Waals surface area contributed by atoms with Crippen LogP contribution in [0.1, 0.15) is 93.9 Å². The Balaban J connectivity index is 0.000000202. The molecular formula is C39H46Cl2N4O11S. The van der Waals surface area contributed by atoms with E-state index in [-0.39, 0.29) is 44.4 Å². The number of nitrogens with zero attached hydrogens (tertiary/aromatic N) is 4. The van der Waals surface area contributed by atoms with Crippen molar-refractivity contribution in [2.24, 2.45) is 10.8 Å². The molecule has 15 nitrogen and oxygen atoms in total. The maximum absolute atomic E-state index is 12.5. The van der Waals surface area contributed by atoms with Crippen LogP contribution >= 0.6 is 23.2 Å². The van der Waals surface area contributed by atoms with Gasteiger partial charge < -0.3 is 19.7 Å². The molecule has 0 radical (unpaired) electrons. The summed E-state index contributed by atoms with van der Waals surface area (Å²) in [6.45, 7) is 10.4. The highest BCUT2D eigenvalue weighted by Gasteiger charge is 2.37. The summed E-state index contributed by atoms with van der Waals surface area (Å²) in [7, 11) is -3.22. The van der Waals surface area contributed by atoms with Crippen molar-refractivity contribution in [2.45, 2.75) is 78.7 Å². The molecule has 0 saturated heterocycles. The van der Waals surface area contributed by atoms with Crippen LogP contribution < -0.4 is 15.9 Å². The van der Waals surface area contributed by atoms with E-state index in [2.05, 4.69) is 28.0 Å². The summed E-state index contributed by atoms with van der Waals surface area (Å²) in [5.74, 6) is -1.50. The molecule has 4 aromatic rings. The van der Waals surface area contributed by atoms with Gasteiger partial charge in [-0.15, -0.1) is 0 Å². The van der Waals surface area contributed by atoms with E-state index in [4.69, 9.17) is 37.8 Å². The van der Waals surface area contributed by atoms with Gasteiger partial charge in [0.05, 0.1) is 30.6 Å². The first-order valence-electron chi connectivity index (χ1n) is 17.9. The molecule has 2 aliphatic carbocycles. The number of aromatic carboxylic acids is 1. The average molecular weight is 850 g/mol. The number of pyridine rings is 4. The molecule has 0 amide bonds. The number of carbonyl (C=O) groups excluding carboxylic acids is 1. The summed E-state index contributed by atoms with van der Waals surface area (Å²) in [6, 6.07) is 11.7. The minimum atomic E-state index is -3.22. The summed E-state index contributed by atoms with van der Waals surface area (Å²) < 4.78 is 38.9. The highest BCUT2D eigenvalue weighted by molar-refractivity contribution is 7.85. The summed E-state index contributed by atoms with van der Waals surface area (Å²) >= 11 is 11.9. The largest absolute Gasteiger partial charge is 0.503 e. The quantitative estimate of drug-likeness (QED) is 0.0851.